The molecular formula is C20H17N5O2S. The molecule has 0 unspecified atom stereocenters. The van der Waals surface area contributed by atoms with Crippen LogP contribution in [0.5, 0.6) is 0 Å². The van der Waals surface area contributed by atoms with E-state index in [4.69, 9.17) is 0 Å². The van der Waals surface area contributed by atoms with E-state index in [1.165, 1.54) is 18.0 Å². The van der Waals surface area contributed by atoms with Gasteiger partial charge in [0.05, 0.1) is 17.6 Å². The van der Waals surface area contributed by atoms with Crippen LogP contribution >= 0.6 is 11.8 Å². The number of hydrogen-bond donors (Lipinski definition) is 2. The minimum atomic E-state index is -0.284. The molecule has 0 saturated carbocycles. The van der Waals surface area contributed by atoms with Gasteiger partial charge in [0.25, 0.3) is 5.56 Å². The summed E-state index contributed by atoms with van der Waals surface area (Å²) in [5.74, 6) is -0.0462. The standard InChI is InChI=1S/C20H17N5O2S/c1-13-7-9-14(10-8-13)22-17(26)12-28-20-23-18-16(19(27)24-20)11-21-25(18)15-5-3-2-4-6-15/h2-11H,12H2,1H3,(H,22,26)(H,23,24,27). The highest BCUT2D eigenvalue weighted by molar-refractivity contribution is 7.99. The lowest BCUT2D eigenvalue weighted by atomic mass is 10.2. The number of para-hydroxylation sites is 1. The molecule has 1 amide bonds. The molecule has 2 aromatic heterocycles. The maximum atomic E-state index is 12.3. The van der Waals surface area contributed by atoms with Crippen molar-refractivity contribution in [1.82, 2.24) is 19.7 Å². The number of aromatic nitrogens is 4. The van der Waals surface area contributed by atoms with Crippen LogP contribution in [0.1, 0.15) is 5.56 Å². The van der Waals surface area contributed by atoms with Crippen LogP contribution in [0, 0.1) is 6.92 Å². The minimum absolute atomic E-state index is 0.127. The van der Waals surface area contributed by atoms with Gasteiger partial charge in [-0.25, -0.2) is 9.67 Å². The van der Waals surface area contributed by atoms with Gasteiger partial charge in [-0.3, -0.25) is 9.59 Å². The van der Waals surface area contributed by atoms with E-state index < -0.39 is 0 Å². The summed E-state index contributed by atoms with van der Waals surface area (Å²) in [5, 5.41) is 7.87. The average molecular weight is 391 g/mol. The first-order valence-corrected chi connectivity index (χ1v) is 9.61. The summed E-state index contributed by atoms with van der Waals surface area (Å²) in [5.41, 5.74) is 2.83. The van der Waals surface area contributed by atoms with Crippen molar-refractivity contribution in [2.24, 2.45) is 0 Å². The monoisotopic (exact) mass is 391 g/mol. The van der Waals surface area contributed by atoms with E-state index in [9.17, 15) is 9.59 Å². The van der Waals surface area contributed by atoms with Crippen molar-refractivity contribution in [1.29, 1.82) is 0 Å². The normalized spacial score (nSPS) is 10.9. The van der Waals surface area contributed by atoms with Crippen LogP contribution < -0.4 is 10.9 Å². The highest BCUT2D eigenvalue weighted by Gasteiger charge is 2.13. The third-order valence-corrected chi connectivity index (χ3v) is 4.97. The molecule has 28 heavy (non-hydrogen) atoms. The fourth-order valence-corrected chi connectivity index (χ4v) is 3.35. The Kier molecular flexibility index (Phi) is 4.94. The molecule has 0 aliphatic heterocycles. The van der Waals surface area contributed by atoms with Crippen LogP contribution in [0.4, 0.5) is 5.69 Å². The second-order valence-corrected chi connectivity index (χ2v) is 7.17. The number of nitrogens with one attached hydrogen (secondary N) is 2. The van der Waals surface area contributed by atoms with Crippen molar-refractivity contribution in [2.45, 2.75) is 12.1 Å². The van der Waals surface area contributed by atoms with Gasteiger partial charge in [0.1, 0.15) is 5.39 Å². The Bertz CT molecular complexity index is 1180. The zero-order valence-electron chi connectivity index (χ0n) is 15.0. The van der Waals surface area contributed by atoms with Gasteiger partial charge < -0.3 is 10.3 Å². The van der Waals surface area contributed by atoms with E-state index in [-0.39, 0.29) is 17.2 Å². The number of carbonyl (C=O) groups is 1. The average Bonchev–Trinajstić information content (AvgIpc) is 3.13. The van der Waals surface area contributed by atoms with Crippen molar-refractivity contribution < 1.29 is 4.79 Å². The predicted octanol–water partition coefficient (Wildman–Crippen LogP) is 3.15. The Labute approximate surface area is 164 Å². The Morgan fingerprint density at radius 2 is 1.89 bits per heavy atom. The van der Waals surface area contributed by atoms with Crippen molar-refractivity contribution in [2.75, 3.05) is 11.1 Å². The smallest absolute Gasteiger partial charge is 0.262 e. The van der Waals surface area contributed by atoms with Gasteiger partial charge in [-0.05, 0) is 31.2 Å². The van der Waals surface area contributed by atoms with Gasteiger partial charge in [0, 0.05) is 5.69 Å². The summed E-state index contributed by atoms with van der Waals surface area (Å²) in [6, 6.07) is 17.0. The van der Waals surface area contributed by atoms with E-state index in [0.29, 0.717) is 16.2 Å². The van der Waals surface area contributed by atoms with Gasteiger partial charge in [-0.1, -0.05) is 47.7 Å². The molecule has 0 saturated heterocycles. The maximum absolute atomic E-state index is 12.3. The Morgan fingerprint density at radius 3 is 2.64 bits per heavy atom. The van der Waals surface area contributed by atoms with E-state index in [1.807, 2.05) is 61.5 Å². The molecule has 0 bridgehead atoms. The molecule has 2 aromatic carbocycles. The number of fused-ring (bicyclic) bond motifs is 1. The Hall–Kier alpha value is -3.39. The largest absolute Gasteiger partial charge is 0.325 e. The third-order valence-electron chi connectivity index (χ3n) is 4.09. The molecular weight excluding hydrogens is 374 g/mol. The lowest BCUT2D eigenvalue weighted by Crippen LogP contribution is -2.15. The fraction of sp³-hybridized carbons (Fsp3) is 0.100. The summed E-state index contributed by atoms with van der Waals surface area (Å²) in [6.45, 7) is 1.99. The quantitative estimate of drug-likeness (QED) is 0.403. The first-order valence-electron chi connectivity index (χ1n) is 8.63. The van der Waals surface area contributed by atoms with Crippen LogP contribution in [0.3, 0.4) is 0 Å². The number of anilines is 1. The molecule has 4 aromatic rings. The van der Waals surface area contributed by atoms with Gasteiger partial charge in [-0.15, -0.1) is 0 Å². The Balaban J connectivity index is 1.53. The zero-order chi connectivity index (χ0) is 19.5. The molecule has 2 N–H and O–H groups in total. The molecule has 2 heterocycles. The zero-order valence-corrected chi connectivity index (χ0v) is 15.9. The number of aromatic amines is 1. The van der Waals surface area contributed by atoms with Crippen LogP contribution in [0.2, 0.25) is 0 Å². The molecule has 0 spiro atoms. The number of hydrogen-bond acceptors (Lipinski definition) is 5. The van der Waals surface area contributed by atoms with Crippen LogP contribution in [0.15, 0.2) is 70.7 Å². The molecule has 0 aliphatic rings. The molecule has 0 fully saturated rings. The Morgan fingerprint density at radius 1 is 1.14 bits per heavy atom. The van der Waals surface area contributed by atoms with Crippen LogP contribution in [-0.4, -0.2) is 31.4 Å². The SMILES string of the molecule is Cc1ccc(NC(=O)CSc2nc3c(cnn3-c3ccccc3)c(=O)[nH]2)cc1. The lowest BCUT2D eigenvalue weighted by molar-refractivity contribution is -0.113. The van der Waals surface area contributed by atoms with E-state index in [1.54, 1.807) is 4.68 Å². The molecule has 0 atom stereocenters. The second-order valence-electron chi connectivity index (χ2n) is 6.20. The molecule has 8 heteroatoms. The van der Waals surface area contributed by atoms with Gasteiger partial charge >= 0.3 is 0 Å². The van der Waals surface area contributed by atoms with Crippen LogP contribution in [0.25, 0.3) is 16.7 Å². The topological polar surface area (TPSA) is 92.7 Å². The summed E-state index contributed by atoms with van der Waals surface area (Å²) < 4.78 is 1.61. The first kappa shape index (κ1) is 18.0. The van der Waals surface area contributed by atoms with E-state index in [2.05, 4.69) is 20.4 Å². The number of amides is 1. The summed E-state index contributed by atoms with van der Waals surface area (Å²) in [4.78, 5) is 31.7. The number of benzene rings is 2. The third kappa shape index (κ3) is 3.81. The van der Waals surface area contributed by atoms with Gasteiger partial charge in [0.2, 0.25) is 5.91 Å². The number of rotatable bonds is 5. The minimum Gasteiger partial charge on any atom is -0.325 e. The molecule has 0 aliphatic carbocycles. The maximum Gasteiger partial charge on any atom is 0.262 e. The number of nitrogens with zero attached hydrogens (tertiary/aromatic N) is 3. The van der Waals surface area contributed by atoms with Crippen LogP contribution in [-0.2, 0) is 4.79 Å². The number of aryl methyl sites for hydroxylation is 1. The predicted molar refractivity (Wildman–Crippen MR) is 110 cm³/mol. The van der Waals surface area contributed by atoms with Gasteiger partial charge in [-0.2, -0.15) is 5.10 Å². The summed E-state index contributed by atoms with van der Waals surface area (Å²) >= 11 is 1.17. The second kappa shape index (κ2) is 7.69. The van der Waals surface area contributed by atoms with Crippen molar-refractivity contribution in [3.8, 4) is 5.69 Å². The lowest BCUT2D eigenvalue weighted by Gasteiger charge is -2.06. The van der Waals surface area contributed by atoms with Crippen molar-refractivity contribution >= 4 is 34.4 Å². The fourth-order valence-electron chi connectivity index (χ4n) is 2.69. The number of carbonyl (C=O) groups excluding carboxylic acids is 1. The van der Waals surface area contributed by atoms with Gasteiger partial charge in [0.15, 0.2) is 10.8 Å². The van der Waals surface area contributed by atoms with E-state index in [0.717, 1.165) is 16.9 Å². The molecule has 7 nitrogen and oxygen atoms in total. The summed E-state index contributed by atoms with van der Waals surface area (Å²) in [6.07, 6.45) is 1.49. The number of thioether (sulfide) groups is 1. The highest BCUT2D eigenvalue weighted by atomic mass is 32.2. The summed E-state index contributed by atoms with van der Waals surface area (Å²) in [7, 11) is 0. The molecule has 4 rings (SSSR count). The van der Waals surface area contributed by atoms with Crippen molar-refractivity contribution in [3.63, 3.8) is 0 Å². The van der Waals surface area contributed by atoms with E-state index >= 15 is 0 Å². The first-order chi connectivity index (χ1) is 13.6. The molecule has 140 valence electrons. The number of H-pyrrole nitrogens is 1. The molecule has 0 radical (unpaired) electrons. The van der Waals surface area contributed by atoms with Crippen molar-refractivity contribution in [3.05, 3.63) is 76.7 Å². The highest BCUT2D eigenvalue weighted by Crippen LogP contribution is 2.18.